The highest BCUT2D eigenvalue weighted by Crippen LogP contribution is 2.34. The molecule has 0 heterocycles. The second kappa shape index (κ2) is 5.63. The van der Waals surface area contributed by atoms with Crippen LogP contribution in [-0.4, -0.2) is 5.16 Å². The van der Waals surface area contributed by atoms with E-state index in [9.17, 15) is 0 Å². The fourth-order valence-corrected chi connectivity index (χ4v) is 3.29. The molecule has 15 heavy (non-hydrogen) atoms. The van der Waals surface area contributed by atoms with E-state index in [0.717, 1.165) is 8.58 Å². The highest BCUT2D eigenvalue weighted by atomic mass is 31.1. The van der Waals surface area contributed by atoms with E-state index in [1.54, 1.807) is 0 Å². The lowest BCUT2D eigenvalue weighted by Crippen LogP contribution is -2.16. The van der Waals surface area contributed by atoms with E-state index in [4.69, 9.17) is 5.73 Å². The minimum Gasteiger partial charge on any atom is -0.326 e. The summed E-state index contributed by atoms with van der Waals surface area (Å²) >= 11 is 0. The van der Waals surface area contributed by atoms with Crippen LogP contribution in [0.4, 0.5) is 0 Å². The highest BCUT2D eigenvalue weighted by molar-refractivity contribution is 7.48. The molecule has 0 radical (unpaired) electrons. The van der Waals surface area contributed by atoms with E-state index < -0.39 is 0 Å². The van der Waals surface area contributed by atoms with Crippen LogP contribution in [0.1, 0.15) is 39.2 Å². The van der Waals surface area contributed by atoms with Gasteiger partial charge in [0, 0.05) is 6.54 Å². The van der Waals surface area contributed by atoms with E-state index in [0.29, 0.717) is 11.7 Å². The molecule has 0 aromatic heterocycles. The van der Waals surface area contributed by atoms with Crippen molar-refractivity contribution in [2.24, 2.45) is 5.73 Å². The third-order valence-electron chi connectivity index (χ3n) is 2.55. The van der Waals surface area contributed by atoms with E-state index in [1.807, 2.05) is 0 Å². The third kappa shape index (κ3) is 4.32. The molecule has 0 aliphatic heterocycles. The molecule has 1 nitrogen and oxygen atoms in total. The number of nitrogens with two attached hydrogens (primary N) is 1. The molecule has 1 atom stereocenters. The molecule has 0 saturated heterocycles. The Bertz CT molecular complexity index is 290. The predicted molar refractivity (Wildman–Crippen MR) is 71.3 cm³/mol. The van der Waals surface area contributed by atoms with Gasteiger partial charge in [0.25, 0.3) is 0 Å². The molecule has 0 aliphatic carbocycles. The van der Waals surface area contributed by atoms with Crippen LogP contribution < -0.4 is 11.0 Å². The fraction of sp³-hybridized carbons (Fsp3) is 0.538. The van der Waals surface area contributed by atoms with Crippen molar-refractivity contribution >= 4 is 13.9 Å². The van der Waals surface area contributed by atoms with Crippen molar-refractivity contribution in [3.05, 3.63) is 29.8 Å². The van der Waals surface area contributed by atoms with E-state index in [1.165, 1.54) is 23.7 Å². The number of hydrogen-bond donors (Lipinski definition) is 1. The van der Waals surface area contributed by atoms with Crippen molar-refractivity contribution in [3.63, 3.8) is 0 Å². The van der Waals surface area contributed by atoms with Crippen LogP contribution >= 0.6 is 8.58 Å². The van der Waals surface area contributed by atoms with Crippen LogP contribution in [-0.2, 0) is 6.54 Å². The van der Waals surface area contributed by atoms with Gasteiger partial charge in [0.2, 0.25) is 0 Å². The summed E-state index contributed by atoms with van der Waals surface area (Å²) in [6.45, 7) is 7.60. The van der Waals surface area contributed by atoms with Crippen molar-refractivity contribution in [1.29, 1.82) is 0 Å². The average Bonchev–Trinajstić information content (AvgIpc) is 2.18. The van der Waals surface area contributed by atoms with Gasteiger partial charge in [0.1, 0.15) is 0 Å². The summed E-state index contributed by atoms with van der Waals surface area (Å²) in [6, 6.07) is 8.73. The summed E-state index contributed by atoms with van der Waals surface area (Å²) in [6.07, 6.45) is 2.56. The minimum absolute atomic E-state index is 0.443. The molecule has 0 spiro atoms. The molecule has 0 bridgehead atoms. The van der Waals surface area contributed by atoms with Gasteiger partial charge in [-0.1, -0.05) is 60.0 Å². The monoisotopic (exact) mass is 223 g/mol. The first kappa shape index (κ1) is 12.7. The van der Waals surface area contributed by atoms with Crippen LogP contribution in [0.15, 0.2) is 24.3 Å². The first-order chi connectivity index (χ1) is 7.07. The number of rotatable bonds is 5. The number of benzene rings is 1. The SMILES string of the molecule is CCCC(C)(C)Pc1ccc(CN)cc1. The highest BCUT2D eigenvalue weighted by Gasteiger charge is 2.16. The van der Waals surface area contributed by atoms with Crippen LogP contribution in [0.25, 0.3) is 0 Å². The lowest BCUT2D eigenvalue weighted by atomic mass is 10.1. The van der Waals surface area contributed by atoms with Crippen molar-refractivity contribution in [3.8, 4) is 0 Å². The largest absolute Gasteiger partial charge is 0.326 e. The molecular weight excluding hydrogens is 201 g/mol. The van der Waals surface area contributed by atoms with E-state index >= 15 is 0 Å². The maximum absolute atomic E-state index is 5.58. The zero-order valence-electron chi connectivity index (χ0n) is 10.0. The van der Waals surface area contributed by atoms with E-state index in [-0.39, 0.29) is 0 Å². The second-order valence-corrected chi connectivity index (χ2v) is 6.84. The predicted octanol–water partition coefficient (Wildman–Crippen LogP) is 3.03. The molecule has 0 aliphatic rings. The first-order valence-electron chi connectivity index (χ1n) is 5.64. The first-order valence-corrected chi connectivity index (χ1v) is 6.64. The molecular formula is C13H22NP. The van der Waals surface area contributed by atoms with Gasteiger partial charge in [-0.25, -0.2) is 0 Å². The molecule has 1 aromatic carbocycles. The summed E-state index contributed by atoms with van der Waals surface area (Å²) in [4.78, 5) is 0. The summed E-state index contributed by atoms with van der Waals surface area (Å²) in [5.74, 6) is 0. The molecule has 0 saturated carbocycles. The summed E-state index contributed by atoms with van der Waals surface area (Å²) in [7, 11) is 0.895. The third-order valence-corrected chi connectivity index (χ3v) is 4.10. The van der Waals surface area contributed by atoms with Gasteiger partial charge in [-0.2, -0.15) is 0 Å². The Balaban J connectivity index is 2.64. The molecule has 1 aromatic rings. The normalized spacial score (nSPS) is 12.5. The average molecular weight is 223 g/mol. The molecule has 2 N–H and O–H groups in total. The van der Waals surface area contributed by atoms with Gasteiger partial charge in [0.15, 0.2) is 0 Å². The minimum atomic E-state index is 0.443. The lowest BCUT2D eigenvalue weighted by Gasteiger charge is -2.24. The zero-order chi connectivity index (χ0) is 11.3. The molecule has 1 unspecified atom stereocenters. The van der Waals surface area contributed by atoms with Crippen LogP contribution in [0, 0.1) is 0 Å². The summed E-state index contributed by atoms with van der Waals surface area (Å²) in [5, 5.41) is 1.89. The van der Waals surface area contributed by atoms with Crippen molar-refractivity contribution in [2.45, 2.75) is 45.3 Å². The number of hydrogen-bond acceptors (Lipinski definition) is 1. The summed E-state index contributed by atoms with van der Waals surface area (Å²) in [5.41, 5.74) is 6.80. The van der Waals surface area contributed by atoms with Gasteiger partial charge >= 0.3 is 0 Å². The van der Waals surface area contributed by atoms with E-state index in [2.05, 4.69) is 45.0 Å². The quantitative estimate of drug-likeness (QED) is 0.763. The smallest absolute Gasteiger partial charge is 0.0178 e. The molecule has 84 valence electrons. The Morgan fingerprint density at radius 3 is 2.27 bits per heavy atom. The molecule has 1 rings (SSSR count). The fourth-order valence-electron chi connectivity index (χ4n) is 1.80. The lowest BCUT2D eigenvalue weighted by molar-refractivity contribution is 0.623. The van der Waals surface area contributed by atoms with Gasteiger partial charge in [-0.05, 0) is 22.4 Å². The zero-order valence-corrected chi connectivity index (χ0v) is 11.0. The van der Waals surface area contributed by atoms with Crippen molar-refractivity contribution < 1.29 is 0 Å². The summed E-state index contributed by atoms with van der Waals surface area (Å²) < 4.78 is 0. The molecule has 0 fully saturated rings. The van der Waals surface area contributed by atoms with Crippen LogP contribution in [0.2, 0.25) is 0 Å². The van der Waals surface area contributed by atoms with Gasteiger partial charge in [-0.3, -0.25) is 0 Å². The maximum atomic E-state index is 5.58. The molecule has 0 amide bonds. The van der Waals surface area contributed by atoms with Gasteiger partial charge in [-0.15, -0.1) is 0 Å². The Morgan fingerprint density at radius 2 is 1.80 bits per heavy atom. The Hall–Kier alpha value is -0.390. The Morgan fingerprint density at radius 1 is 1.20 bits per heavy atom. The Kier molecular flexibility index (Phi) is 4.76. The standard InChI is InChI=1S/C13H22NP/c1-4-9-13(2,3)15-12-7-5-11(10-14)6-8-12/h5-8,15H,4,9-10,14H2,1-3H3. The van der Waals surface area contributed by atoms with Crippen LogP contribution in [0.5, 0.6) is 0 Å². The van der Waals surface area contributed by atoms with Crippen molar-refractivity contribution in [2.75, 3.05) is 0 Å². The van der Waals surface area contributed by atoms with Gasteiger partial charge in [0.05, 0.1) is 0 Å². The maximum Gasteiger partial charge on any atom is 0.0178 e. The topological polar surface area (TPSA) is 26.0 Å². The van der Waals surface area contributed by atoms with Crippen LogP contribution in [0.3, 0.4) is 0 Å². The van der Waals surface area contributed by atoms with Crippen molar-refractivity contribution in [1.82, 2.24) is 0 Å². The Labute approximate surface area is 95.2 Å². The van der Waals surface area contributed by atoms with Gasteiger partial charge < -0.3 is 5.73 Å². The molecule has 2 heteroatoms. The second-order valence-electron chi connectivity index (χ2n) is 4.66.